The molecule has 2 bridgehead atoms. The van der Waals surface area contributed by atoms with Crippen molar-refractivity contribution in [2.24, 2.45) is 16.7 Å². The summed E-state index contributed by atoms with van der Waals surface area (Å²) in [6.45, 7) is 6.33. The van der Waals surface area contributed by atoms with E-state index in [0.29, 0.717) is 10.8 Å². The molecule has 10 heteroatoms. The smallest absolute Gasteiger partial charge is 0.351 e. The van der Waals surface area contributed by atoms with Crippen molar-refractivity contribution in [3.63, 3.8) is 0 Å². The molecule has 0 spiro atoms. The van der Waals surface area contributed by atoms with Gasteiger partial charge >= 0.3 is 6.18 Å². The van der Waals surface area contributed by atoms with Crippen LogP contribution >= 0.6 is 11.3 Å². The van der Waals surface area contributed by atoms with E-state index >= 15 is 0 Å². The number of hydrogen-bond acceptors (Lipinski definition) is 5. The molecule has 2 heterocycles. The van der Waals surface area contributed by atoms with Crippen molar-refractivity contribution in [2.45, 2.75) is 56.5 Å². The molecular formula is C18H21F3N2O3S2. The van der Waals surface area contributed by atoms with E-state index in [2.05, 4.69) is 35.2 Å². The molecule has 1 N–H and O–H groups in total. The van der Waals surface area contributed by atoms with Gasteiger partial charge in [-0.05, 0) is 48.1 Å². The molecule has 2 aliphatic carbocycles. The maximum absolute atomic E-state index is 13.0. The van der Waals surface area contributed by atoms with Gasteiger partial charge in [0, 0.05) is 12.1 Å². The fraction of sp³-hybridized carbons (Fsp3) is 0.611. The van der Waals surface area contributed by atoms with E-state index in [-0.39, 0.29) is 26.8 Å². The van der Waals surface area contributed by atoms with Gasteiger partial charge in [0.15, 0.2) is 0 Å². The molecule has 0 amide bonds. The Bertz CT molecular complexity index is 1000. The topological polar surface area (TPSA) is 72.2 Å². The highest BCUT2D eigenvalue weighted by Crippen LogP contribution is 2.62. The third-order valence-electron chi connectivity index (χ3n) is 6.43. The Morgan fingerprint density at radius 1 is 1.29 bits per heavy atom. The molecule has 2 saturated carbocycles. The second-order valence-corrected chi connectivity index (χ2v) is 11.7. The lowest BCUT2D eigenvalue weighted by molar-refractivity contribution is -0.155. The minimum atomic E-state index is -4.64. The largest absolute Gasteiger partial charge is 0.452 e. The van der Waals surface area contributed by atoms with Gasteiger partial charge in [0.2, 0.25) is 15.8 Å². The Morgan fingerprint density at radius 2 is 2.00 bits per heavy atom. The first-order valence-electron chi connectivity index (χ1n) is 8.99. The van der Waals surface area contributed by atoms with Crippen LogP contribution in [0.4, 0.5) is 13.2 Å². The first kappa shape index (κ1) is 19.9. The lowest BCUT2D eigenvalue weighted by Crippen LogP contribution is -2.52. The molecule has 2 aromatic rings. The van der Waals surface area contributed by atoms with Gasteiger partial charge in [-0.25, -0.2) is 13.1 Å². The van der Waals surface area contributed by atoms with Gasteiger partial charge in [-0.15, -0.1) is 11.3 Å². The summed E-state index contributed by atoms with van der Waals surface area (Å²) in [4.78, 5) is 0.304. The zero-order valence-corrected chi connectivity index (χ0v) is 17.3. The molecule has 0 unspecified atom stereocenters. The molecule has 5 nitrogen and oxygen atoms in total. The molecule has 0 saturated heterocycles. The van der Waals surface area contributed by atoms with Crippen molar-refractivity contribution in [3.05, 3.63) is 24.0 Å². The number of hydrogen-bond donors (Lipinski definition) is 1. The van der Waals surface area contributed by atoms with Gasteiger partial charge in [0.25, 0.3) is 0 Å². The van der Waals surface area contributed by atoms with Crippen LogP contribution in [0.5, 0.6) is 0 Å². The Balaban J connectivity index is 1.59. The summed E-state index contributed by atoms with van der Waals surface area (Å²) in [6.07, 6.45) is -1.54. The van der Waals surface area contributed by atoms with Crippen LogP contribution in [-0.4, -0.2) is 19.6 Å². The first-order chi connectivity index (χ1) is 12.8. The molecule has 0 aromatic carbocycles. The van der Waals surface area contributed by atoms with Crippen LogP contribution in [0.1, 0.15) is 45.8 Å². The van der Waals surface area contributed by atoms with Crippen LogP contribution in [0.25, 0.3) is 10.6 Å². The number of thiophene rings is 1. The van der Waals surface area contributed by atoms with Gasteiger partial charge in [-0.2, -0.15) is 13.2 Å². The third-order valence-corrected chi connectivity index (χ3v) is 9.45. The van der Waals surface area contributed by atoms with Gasteiger partial charge in [0.05, 0.1) is 4.88 Å². The third kappa shape index (κ3) is 3.09. The Morgan fingerprint density at radius 3 is 2.57 bits per heavy atom. The Labute approximate surface area is 165 Å². The molecule has 4 rings (SSSR count). The SMILES string of the molecule is CC1(C)[C@H]2CC[C@@](C)(C2)[C@@H]1NS(=O)(=O)c1ccc(-c2cc(C(F)(F)F)on2)s1. The van der Waals surface area contributed by atoms with E-state index < -0.39 is 22.0 Å². The highest BCUT2D eigenvalue weighted by atomic mass is 32.2. The molecule has 154 valence electrons. The molecule has 2 aliphatic rings. The van der Waals surface area contributed by atoms with Crippen LogP contribution in [0.3, 0.4) is 0 Å². The van der Waals surface area contributed by atoms with Crippen molar-refractivity contribution in [3.8, 4) is 10.6 Å². The van der Waals surface area contributed by atoms with Crippen molar-refractivity contribution in [1.29, 1.82) is 0 Å². The van der Waals surface area contributed by atoms with E-state index in [4.69, 9.17) is 0 Å². The average Bonchev–Trinajstić information content (AvgIpc) is 3.31. The lowest BCUT2D eigenvalue weighted by atomic mass is 9.69. The Kier molecular flexibility index (Phi) is 4.31. The van der Waals surface area contributed by atoms with Crippen LogP contribution in [0.2, 0.25) is 0 Å². The maximum atomic E-state index is 13.0. The molecule has 2 fully saturated rings. The highest BCUT2D eigenvalue weighted by molar-refractivity contribution is 7.91. The standard InChI is InChI=1S/C18H21F3N2O3S2/c1-16(2)10-6-7-17(3,9-10)15(16)23-28(24,25)14-5-4-12(27-14)11-8-13(26-22-11)18(19,20)21/h4-5,8,10,15,23H,6-7,9H2,1-3H3/t10-,15+,17-/m0/s1. The predicted molar refractivity (Wildman–Crippen MR) is 98.2 cm³/mol. The summed E-state index contributed by atoms with van der Waals surface area (Å²) < 4.78 is 71.3. The van der Waals surface area contributed by atoms with Crippen LogP contribution < -0.4 is 4.72 Å². The van der Waals surface area contributed by atoms with E-state index in [0.717, 1.165) is 36.7 Å². The van der Waals surface area contributed by atoms with Gasteiger partial charge < -0.3 is 4.52 Å². The van der Waals surface area contributed by atoms with Crippen LogP contribution in [0, 0.1) is 16.7 Å². The van der Waals surface area contributed by atoms with Gasteiger partial charge in [0.1, 0.15) is 9.90 Å². The Hall–Kier alpha value is -1.39. The molecule has 0 aliphatic heterocycles. The second-order valence-electron chi connectivity index (χ2n) is 8.66. The molecule has 2 aromatic heterocycles. The van der Waals surface area contributed by atoms with Crippen molar-refractivity contribution >= 4 is 21.4 Å². The van der Waals surface area contributed by atoms with Crippen molar-refractivity contribution in [2.75, 3.05) is 0 Å². The van der Waals surface area contributed by atoms with E-state index in [1.165, 1.54) is 12.1 Å². The molecule has 0 radical (unpaired) electrons. The fourth-order valence-corrected chi connectivity index (χ4v) is 7.74. The maximum Gasteiger partial charge on any atom is 0.452 e. The van der Waals surface area contributed by atoms with Gasteiger partial charge in [-0.1, -0.05) is 25.9 Å². The van der Waals surface area contributed by atoms with E-state index in [9.17, 15) is 21.6 Å². The zero-order valence-electron chi connectivity index (χ0n) is 15.6. The predicted octanol–water partition coefficient (Wildman–Crippen LogP) is 4.92. The summed E-state index contributed by atoms with van der Waals surface area (Å²) >= 11 is 0.879. The van der Waals surface area contributed by atoms with E-state index in [1.54, 1.807) is 0 Å². The number of rotatable bonds is 4. The first-order valence-corrected chi connectivity index (χ1v) is 11.3. The highest BCUT2D eigenvalue weighted by Gasteiger charge is 2.60. The number of fused-ring (bicyclic) bond motifs is 2. The summed E-state index contributed by atoms with van der Waals surface area (Å²) in [7, 11) is -3.80. The number of halogens is 3. The minimum Gasteiger partial charge on any atom is -0.351 e. The summed E-state index contributed by atoms with van der Waals surface area (Å²) in [5.74, 6) is -0.727. The number of alkyl halides is 3. The summed E-state index contributed by atoms with van der Waals surface area (Å²) in [5, 5.41) is 3.42. The lowest BCUT2D eigenvalue weighted by Gasteiger charge is -2.42. The average molecular weight is 435 g/mol. The minimum absolute atomic E-state index is 0.0361. The number of aromatic nitrogens is 1. The van der Waals surface area contributed by atoms with E-state index in [1.807, 2.05) is 0 Å². The number of sulfonamides is 1. The quantitative estimate of drug-likeness (QED) is 0.742. The van der Waals surface area contributed by atoms with Crippen LogP contribution in [0.15, 0.2) is 26.9 Å². The second kappa shape index (κ2) is 6.06. The number of nitrogens with one attached hydrogen (secondary N) is 1. The van der Waals surface area contributed by atoms with Crippen LogP contribution in [-0.2, 0) is 16.2 Å². The van der Waals surface area contributed by atoms with Crippen molar-refractivity contribution < 1.29 is 26.1 Å². The summed E-state index contributed by atoms with van der Waals surface area (Å²) in [6, 6.07) is 3.44. The summed E-state index contributed by atoms with van der Waals surface area (Å²) in [5.41, 5.74) is -0.255. The monoisotopic (exact) mass is 434 g/mol. The normalized spacial score (nSPS) is 29.5. The molecular weight excluding hydrogens is 413 g/mol. The number of nitrogens with zero attached hydrogens (tertiary/aromatic N) is 1. The molecule has 28 heavy (non-hydrogen) atoms. The zero-order chi connectivity index (χ0) is 20.5. The van der Waals surface area contributed by atoms with Gasteiger partial charge in [-0.3, -0.25) is 0 Å². The fourth-order valence-electron chi connectivity index (χ4n) is 4.94. The molecule has 3 atom stereocenters. The van der Waals surface area contributed by atoms with Crippen molar-refractivity contribution in [1.82, 2.24) is 9.88 Å².